The molecular formula is C25H22F3N3O. The van der Waals surface area contributed by atoms with Gasteiger partial charge in [0.1, 0.15) is 6.10 Å². The average molecular weight is 437 g/mol. The molecule has 2 heterocycles. The molecular weight excluding hydrogens is 415 g/mol. The second kappa shape index (κ2) is 9.11. The van der Waals surface area contributed by atoms with Crippen LogP contribution < -0.4 is 0 Å². The molecule has 3 aromatic rings. The number of aliphatic hydroxyl groups excluding tert-OH is 1. The number of halogens is 3. The molecule has 1 saturated heterocycles. The molecule has 32 heavy (non-hydrogen) atoms. The van der Waals surface area contributed by atoms with Crippen LogP contribution in [0.4, 0.5) is 13.2 Å². The Balaban J connectivity index is 1.79. The van der Waals surface area contributed by atoms with Gasteiger partial charge in [-0.2, -0.15) is 18.4 Å². The molecule has 0 spiro atoms. The molecule has 7 heteroatoms. The van der Waals surface area contributed by atoms with Gasteiger partial charge in [-0.3, -0.25) is 9.88 Å². The molecule has 0 aliphatic carbocycles. The van der Waals surface area contributed by atoms with Gasteiger partial charge < -0.3 is 5.11 Å². The first-order valence-electron chi connectivity index (χ1n) is 10.4. The number of alkyl halides is 3. The van der Waals surface area contributed by atoms with Crippen LogP contribution in [0.15, 0.2) is 66.9 Å². The van der Waals surface area contributed by atoms with Gasteiger partial charge >= 0.3 is 6.18 Å². The van der Waals surface area contributed by atoms with Crippen molar-refractivity contribution >= 4 is 0 Å². The van der Waals surface area contributed by atoms with E-state index < -0.39 is 23.9 Å². The number of likely N-dealkylation sites (tertiary alicyclic amines) is 1. The van der Waals surface area contributed by atoms with Gasteiger partial charge in [0.15, 0.2) is 0 Å². The zero-order valence-corrected chi connectivity index (χ0v) is 17.3. The first-order valence-corrected chi connectivity index (χ1v) is 10.4. The summed E-state index contributed by atoms with van der Waals surface area (Å²) in [5, 5.41) is 20.9. The number of hydrogen-bond donors (Lipinski definition) is 1. The molecule has 1 N–H and O–H groups in total. The summed E-state index contributed by atoms with van der Waals surface area (Å²) in [6.45, 7) is 1.58. The lowest BCUT2D eigenvalue weighted by molar-refractivity contribution is -0.137. The molecule has 0 saturated carbocycles. The Kier molecular flexibility index (Phi) is 6.26. The number of aliphatic hydroxyl groups is 1. The lowest BCUT2D eigenvalue weighted by atomic mass is 9.91. The topological polar surface area (TPSA) is 60.1 Å². The standard InChI is InChI=1S/C25H22F3N3O/c26-25(27,28)20-9-4-7-18(15-20)22-21(10-5-11-30-22)24(32)23(31-12-1-2-13-31)19-8-3-6-17(14-19)16-29/h3-11,14-15,23-24,32H,1-2,12-13H2/t23-,24+/m0/s1. The molecule has 0 amide bonds. The molecule has 1 aliphatic rings. The molecule has 164 valence electrons. The van der Waals surface area contributed by atoms with E-state index in [-0.39, 0.29) is 0 Å². The summed E-state index contributed by atoms with van der Waals surface area (Å²) in [6.07, 6.45) is -2.02. The maximum atomic E-state index is 13.3. The fourth-order valence-corrected chi connectivity index (χ4v) is 4.32. The van der Waals surface area contributed by atoms with Crippen molar-refractivity contribution in [1.82, 2.24) is 9.88 Å². The van der Waals surface area contributed by atoms with Gasteiger partial charge in [0.2, 0.25) is 0 Å². The van der Waals surface area contributed by atoms with Crippen LogP contribution in [0.2, 0.25) is 0 Å². The lowest BCUT2D eigenvalue weighted by Gasteiger charge is -2.33. The minimum atomic E-state index is -4.47. The minimum absolute atomic E-state index is 0.292. The highest BCUT2D eigenvalue weighted by Crippen LogP contribution is 2.40. The second-order valence-electron chi connectivity index (χ2n) is 7.89. The van der Waals surface area contributed by atoms with E-state index in [1.54, 1.807) is 36.4 Å². The van der Waals surface area contributed by atoms with Crippen molar-refractivity contribution in [3.63, 3.8) is 0 Å². The van der Waals surface area contributed by atoms with Crippen molar-refractivity contribution in [2.24, 2.45) is 0 Å². The number of rotatable bonds is 5. The number of pyridine rings is 1. The highest BCUT2D eigenvalue weighted by molar-refractivity contribution is 5.64. The van der Waals surface area contributed by atoms with Crippen molar-refractivity contribution in [3.8, 4) is 17.3 Å². The van der Waals surface area contributed by atoms with Gasteiger partial charge in [-0.15, -0.1) is 0 Å². The Bertz CT molecular complexity index is 1130. The smallest absolute Gasteiger partial charge is 0.386 e. The zero-order valence-electron chi connectivity index (χ0n) is 17.3. The normalized spacial score (nSPS) is 16.5. The quantitative estimate of drug-likeness (QED) is 0.572. The average Bonchev–Trinajstić information content (AvgIpc) is 3.33. The third-order valence-electron chi connectivity index (χ3n) is 5.81. The number of nitriles is 1. The molecule has 0 bridgehead atoms. The van der Waals surface area contributed by atoms with Gasteiger partial charge in [-0.25, -0.2) is 0 Å². The Morgan fingerprint density at radius 1 is 1.00 bits per heavy atom. The van der Waals surface area contributed by atoms with Crippen LogP contribution in [0.25, 0.3) is 11.3 Å². The van der Waals surface area contributed by atoms with E-state index in [1.165, 1.54) is 12.3 Å². The van der Waals surface area contributed by atoms with Gasteiger partial charge in [0.25, 0.3) is 0 Å². The Hall–Kier alpha value is -3.21. The Morgan fingerprint density at radius 3 is 2.47 bits per heavy atom. The summed E-state index contributed by atoms with van der Waals surface area (Å²) < 4.78 is 39.8. The molecule has 2 atom stereocenters. The van der Waals surface area contributed by atoms with Crippen molar-refractivity contribution < 1.29 is 18.3 Å². The highest BCUT2D eigenvalue weighted by Gasteiger charge is 2.34. The van der Waals surface area contributed by atoms with E-state index in [9.17, 15) is 23.5 Å². The Morgan fingerprint density at radius 2 is 1.75 bits per heavy atom. The largest absolute Gasteiger partial charge is 0.416 e. The molecule has 1 aliphatic heterocycles. The van der Waals surface area contributed by atoms with E-state index in [2.05, 4.69) is 16.0 Å². The van der Waals surface area contributed by atoms with E-state index in [0.717, 1.165) is 43.6 Å². The monoisotopic (exact) mass is 437 g/mol. The summed E-state index contributed by atoms with van der Waals surface area (Å²) in [7, 11) is 0. The summed E-state index contributed by atoms with van der Waals surface area (Å²) >= 11 is 0. The predicted molar refractivity (Wildman–Crippen MR) is 114 cm³/mol. The van der Waals surface area contributed by atoms with Gasteiger partial charge in [0, 0.05) is 17.3 Å². The van der Waals surface area contributed by atoms with Crippen LogP contribution in [0, 0.1) is 11.3 Å². The zero-order chi connectivity index (χ0) is 22.7. The first-order chi connectivity index (χ1) is 15.4. The fraction of sp³-hybridized carbons (Fsp3) is 0.280. The van der Waals surface area contributed by atoms with E-state index in [0.29, 0.717) is 22.4 Å². The number of nitrogens with zero attached hydrogens (tertiary/aromatic N) is 3. The van der Waals surface area contributed by atoms with Crippen molar-refractivity contribution in [2.45, 2.75) is 31.2 Å². The van der Waals surface area contributed by atoms with Gasteiger partial charge in [0.05, 0.1) is 28.9 Å². The maximum absolute atomic E-state index is 13.3. The van der Waals surface area contributed by atoms with E-state index in [4.69, 9.17) is 0 Å². The van der Waals surface area contributed by atoms with E-state index in [1.807, 2.05) is 6.07 Å². The molecule has 0 unspecified atom stereocenters. The summed E-state index contributed by atoms with van der Waals surface area (Å²) in [5.41, 5.74) is 1.57. The second-order valence-corrected chi connectivity index (χ2v) is 7.89. The minimum Gasteiger partial charge on any atom is -0.386 e. The Labute approximate surface area is 184 Å². The van der Waals surface area contributed by atoms with Gasteiger partial charge in [-0.1, -0.05) is 30.3 Å². The molecule has 4 rings (SSSR count). The van der Waals surface area contributed by atoms with Gasteiger partial charge in [-0.05, 0) is 61.8 Å². The van der Waals surface area contributed by atoms with E-state index >= 15 is 0 Å². The summed E-state index contributed by atoms with van der Waals surface area (Å²) in [4.78, 5) is 6.49. The molecule has 0 radical (unpaired) electrons. The van der Waals surface area contributed by atoms with Crippen LogP contribution in [0.1, 0.15) is 47.2 Å². The predicted octanol–water partition coefficient (Wildman–Crippen LogP) is 5.51. The van der Waals surface area contributed by atoms with Crippen molar-refractivity contribution in [1.29, 1.82) is 5.26 Å². The molecule has 1 fully saturated rings. The number of benzene rings is 2. The van der Waals surface area contributed by atoms with Crippen LogP contribution in [-0.2, 0) is 6.18 Å². The third kappa shape index (κ3) is 4.52. The molecule has 2 aromatic carbocycles. The van der Waals surface area contributed by atoms with Crippen LogP contribution in [0.3, 0.4) is 0 Å². The number of hydrogen-bond acceptors (Lipinski definition) is 4. The number of aromatic nitrogens is 1. The maximum Gasteiger partial charge on any atom is 0.416 e. The van der Waals surface area contributed by atoms with Crippen molar-refractivity contribution in [2.75, 3.05) is 13.1 Å². The lowest BCUT2D eigenvalue weighted by Crippen LogP contribution is -2.31. The summed E-state index contributed by atoms with van der Waals surface area (Å²) in [6, 6.07) is 17.1. The van der Waals surface area contributed by atoms with Crippen LogP contribution >= 0.6 is 0 Å². The van der Waals surface area contributed by atoms with Crippen LogP contribution in [0.5, 0.6) is 0 Å². The third-order valence-corrected chi connectivity index (χ3v) is 5.81. The first kappa shape index (κ1) is 22.0. The highest BCUT2D eigenvalue weighted by atomic mass is 19.4. The van der Waals surface area contributed by atoms with Crippen molar-refractivity contribution in [3.05, 3.63) is 89.1 Å². The summed E-state index contributed by atoms with van der Waals surface area (Å²) in [5.74, 6) is 0. The fourth-order valence-electron chi connectivity index (χ4n) is 4.32. The van der Waals surface area contributed by atoms with Crippen LogP contribution in [-0.4, -0.2) is 28.1 Å². The molecule has 4 nitrogen and oxygen atoms in total. The SMILES string of the molecule is N#Cc1cccc([C@@H]([C@H](O)c2cccnc2-c2cccc(C(F)(F)F)c2)N2CCCC2)c1. The molecule has 1 aromatic heterocycles.